The number of nitrogens with zero attached hydrogens (tertiary/aromatic N) is 2. The standard InChI is InChI=1S/C24H33F2N3O2/c1-16-5-7-17(8-6-16)19-15-27-21(28-19)20(23(2,3)4)29(13-14-30)22(31)18-9-11-24(25,26)12-10-18/h5-8,15,18,20,30H,9-14H2,1-4H3,(H,27,28)/t20-/m1/s1. The summed E-state index contributed by atoms with van der Waals surface area (Å²) in [5.41, 5.74) is 2.62. The predicted octanol–water partition coefficient (Wildman–Crippen LogP) is 5.12. The zero-order valence-electron chi connectivity index (χ0n) is 18.8. The van der Waals surface area contributed by atoms with Crippen molar-refractivity contribution in [2.75, 3.05) is 13.2 Å². The van der Waals surface area contributed by atoms with E-state index in [-0.39, 0.29) is 50.2 Å². The first kappa shape index (κ1) is 23.4. The van der Waals surface area contributed by atoms with Crippen molar-refractivity contribution in [3.05, 3.63) is 41.9 Å². The van der Waals surface area contributed by atoms with Gasteiger partial charge in [0.2, 0.25) is 11.8 Å². The molecule has 1 fully saturated rings. The van der Waals surface area contributed by atoms with Crippen molar-refractivity contribution in [3.8, 4) is 11.3 Å². The zero-order chi connectivity index (χ0) is 22.8. The highest BCUT2D eigenvalue weighted by Crippen LogP contribution is 2.41. The number of halogens is 2. The molecule has 1 aliphatic rings. The molecular weight excluding hydrogens is 400 g/mol. The number of carbonyl (C=O) groups is 1. The Morgan fingerprint density at radius 3 is 2.42 bits per heavy atom. The number of alkyl halides is 2. The van der Waals surface area contributed by atoms with E-state index in [1.807, 2.05) is 52.0 Å². The summed E-state index contributed by atoms with van der Waals surface area (Å²) in [6.45, 7) is 7.99. The van der Waals surface area contributed by atoms with Crippen molar-refractivity contribution in [2.45, 2.75) is 65.3 Å². The van der Waals surface area contributed by atoms with Gasteiger partial charge in [-0.05, 0) is 30.7 Å². The molecule has 0 saturated heterocycles. The van der Waals surface area contributed by atoms with Crippen LogP contribution in [0.1, 0.15) is 63.9 Å². The summed E-state index contributed by atoms with van der Waals surface area (Å²) in [7, 11) is 0. The largest absolute Gasteiger partial charge is 0.395 e. The van der Waals surface area contributed by atoms with Crippen molar-refractivity contribution < 1.29 is 18.7 Å². The number of rotatable bonds is 6. The summed E-state index contributed by atoms with van der Waals surface area (Å²) >= 11 is 0. The summed E-state index contributed by atoms with van der Waals surface area (Å²) in [6.07, 6.45) is 1.54. The molecule has 2 aromatic rings. The Morgan fingerprint density at radius 2 is 1.87 bits per heavy atom. The molecule has 1 aromatic heterocycles. The Bertz CT molecular complexity index is 877. The topological polar surface area (TPSA) is 69.2 Å². The highest BCUT2D eigenvalue weighted by atomic mass is 19.3. The van der Waals surface area contributed by atoms with Crippen LogP contribution in [-0.4, -0.2) is 45.0 Å². The Hall–Kier alpha value is -2.28. The molecule has 3 rings (SSSR count). The van der Waals surface area contributed by atoms with Gasteiger partial charge in [-0.15, -0.1) is 0 Å². The number of hydrogen-bond donors (Lipinski definition) is 2. The molecule has 0 spiro atoms. The average molecular weight is 434 g/mol. The number of aromatic amines is 1. The molecule has 1 saturated carbocycles. The first-order valence-electron chi connectivity index (χ1n) is 10.9. The van der Waals surface area contributed by atoms with Crippen LogP contribution in [0.3, 0.4) is 0 Å². The number of aromatic nitrogens is 2. The maximum Gasteiger partial charge on any atom is 0.248 e. The summed E-state index contributed by atoms with van der Waals surface area (Å²) in [5.74, 6) is -2.70. The van der Waals surface area contributed by atoms with Gasteiger partial charge in [-0.25, -0.2) is 13.8 Å². The number of carbonyl (C=O) groups excluding carboxylic acids is 1. The Labute approximate surface area is 182 Å². The number of H-pyrrole nitrogens is 1. The minimum atomic E-state index is -2.69. The second kappa shape index (κ2) is 9.07. The lowest BCUT2D eigenvalue weighted by atomic mass is 9.82. The molecule has 31 heavy (non-hydrogen) atoms. The normalized spacial score (nSPS) is 18.0. The monoisotopic (exact) mass is 433 g/mol. The van der Waals surface area contributed by atoms with Gasteiger partial charge in [0.05, 0.1) is 24.5 Å². The Balaban J connectivity index is 1.91. The molecule has 7 heteroatoms. The van der Waals surface area contributed by atoms with Crippen molar-refractivity contribution >= 4 is 5.91 Å². The zero-order valence-corrected chi connectivity index (χ0v) is 18.8. The molecule has 1 aliphatic carbocycles. The average Bonchev–Trinajstić information content (AvgIpc) is 3.16. The maximum absolute atomic E-state index is 13.6. The maximum atomic E-state index is 13.6. The van der Waals surface area contributed by atoms with E-state index in [2.05, 4.69) is 9.97 Å². The van der Waals surface area contributed by atoms with E-state index in [0.717, 1.165) is 16.8 Å². The molecule has 2 N–H and O–H groups in total. The summed E-state index contributed by atoms with van der Waals surface area (Å²) in [5, 5.41) is 9.69. The minimum absolute atomic E-state index is 0.133. The summed E-state index contributed by atoms with van der Waals surface area (Å²) < 4.78 is 27.2. The first-order valence-corrected chi connectivity index (χ1v) is 10.9. The highest BCUT2D eigenvalue weighted by Gasteiger charge is 2.42. The SMILES string of the molecule is Cc1ccc(-c2cnc([C@@H](N(CCO)C(=O)C3CCC(F)(F)CC3)C(C)(C)C)[nH]2)cc1. The molecule has 1 aromatic carbocycles. The summed E-state index contributed by atoms with van der Waals surface area (Å²) in [4.78, 5) is 23.0. The van der Waals surface area contributed by atoms with Gasteiger partial charge < -0.3 is 15.0 Å². The smallest absolute Gasteiger partial charge is 0.248 e. The van der Waals surface area contributed by atoms with Crippen LogP contribution in [0.4, 0.5) is 8.78 Å². The minimum Gasteiger partial charge on any atom is -0.395 e. The van der Waals surface area contributed by atoms with Gasteiger partial charge in [0.25, 0.3) is 0 Å². The lowest BCUT2D eigenvalue weighted by molar-refractivity contribution is -0.145. The molecule has 1 amide bonds. The second-order valence-electron chi connectivity index (χ2n) is 9.70. The molecular formula is C24H33F2N3O2. The van der Waals surface area contributed by atoms with Gasteiger partial charge in [0.1, 0.15) is 5.82 Å². The van der Waals surface area contributed by atoms with E-state index in [1.54, 1.807) is 11.1 Å². The molecule has 0 aliphatic heterocycles. The van der Waals surface area contributed by atoms with Gasteiger partial charge in [0.15, 0.2) is 0 Å². The van der Waals surface area contributed by atoms with E-state index < -0.39 is 17.9 Å². The molecule has 5 nitrogen and oxygen atoms in total. The Morgan fingerprint density at radius 1 is 1.26 bits per heavy atom. The predicted molar refractivity (Wildman–Crippen MR) is 117 cm³/mol. The van der Waals surface area contributed by atoms with Crippen LogP contribution in [0.25, 0.3) is 11.3 Å². The lowest BCUT2D eigenvalue weighted by Crippen LogP contribution is -2.47. The molecule has 1 atom stereocenters. The number of benzene rings is 1. The van der Waals surface area contributed by atoms with E-state index in [9.17, 15) is 18.7 Å². The number of aryl methyl sites for hydroxylation is 1. The van der Waals surface area contributed by atoms with Crippen LogP contribution < -0.4 is 0 Å². The third-order valence-electron chi connectivity index (χ3n) is 6.04. The van der Waals surface area contributed by atoms with Crippen LogP contribution >= 0.6 is 0 Å². The molecule has 0 bridgehead atoms. The van der Waals surface area contributed by atoms with Gasteiger partial charge in [-0.2, -0.15) is 0 Å². The fourth-order valence-electron chi connectivity index (χ4n) is 4.38. The van der Waals surface area contributed by atoms with Crippen LogP contribution in [0.5, 0.6) is 0 Å². The van der Waals surface area contributed by atoms with Crippen LogP contribution in [0.15, 0.2) is 30.5 Å². The number of aliphatic hydroxyl groups is 1. The third-order valence-corrected chi connectivity index (χ3v) is 6.04. The molecule has 0 radical (unpaired) electrons. The van der Waals surface area contributed by atoms with Gasteiger partial charge in [-0.1, -0.05) is 50.6 Å². The van der Waals surface area contributed by atoms with E-state index in [4.69, 9.17) is 0 Å². The van der Waals surface area contributed by atoms with Gasteiger partial charge >= 0.3 is 0 Å². The number of aliphatic hydroxyl groups excluding tert-OH is 1. The van der Waals surface area contributed by atoms with Crippen molar-refractivity contribution in [2.24, 2.45) is 11.3 Å². The first-order chi connectivity index (χ1) is 14.5. The molecule has 170 valence electrons. The van der Waals surface area contributed by atoms with Crippen LogP contribution in [0, 0.1) is 18.3 Å². The summed E-state index contributed by atoms with van der Waals surface area (Å²) in [6, 6.07) is 7.65. The van der Waals surface area contributed by atoms with Crippen LogP contribution in [-0.2, 0) is 4.79 Å². The number of hydrogen-bond acceptors (Lipinski definition) is 3. The van der Waals surface area contributed by atoms with Crippen molar-refractivity contribution in [1.82, 2.24) is 14.9 Å². The molecule has 0 unspecified atom stereocenters. The van der Waals surface area contributed by atoms with E-state index in [1.165, 1.54) is 0 Å². The fraction of sp³-hybridized carbons (Fsp3) is 0.583. The fourth-order valence-corrected chi connectivity index (χ4v) is 4.38. The van der Waals surface area contributed by atoms with Crippen molar-refractivity contribution in [3.63, 3.8) is 0 Å². The van der Waals surface area contributed by atoms with Gasteiger partial charge in [-0.3, -0.25) is 4.79 Å². The van der Waals surface area contributed by atoms with E-state index in [0.29, 0.717) is 5.82 Å². The number of amides is 1. The lowest BCUT2D eigenvalue weighted by Gasteiger charge is -2.41. The quantitative estimate of drug-likeness (QED) is 0.664. The molecule has 1 heterocycles. The Kier molecular flexibility index (Phi) is 6.84. The van der Waals surface area contributed by atoms with Crippen LogP contribution in [0.2, 0.25) is 0 Å². The highest BCUT2D eigenvalue weighted by molar-refractivity contribution is 5.79. The number of imidazole rings is 1. The van der Waals surface area contributed by atoms with Gasteiger partial charge in [0, 0.05) is 25.3 Å². The van der Waals surface area contributed by atoms with Crippen molar-refractivity contribution in [1.29, 1.82) is 0 Å². The third kappa shape index (κ3) is 5.50. The number of nitrogens with one attached hydrogen (secondary N) is 1. The van der Waals surface area contributed by atoms with E-state index >= 15 is 0 Å². The second-order valence-corrected chi connectivity index (χ2v) is 9.70.